The minimum Gasteiger partial charge on any atom is -0.512 e. The molecule has 0 amide bonds. The Morgan fingerprint density at radius 2 is 1.51 bits per heavy atom. The Bertz CT molecular complexity index is 1810. The van der Waals surface area contributed by atoms with Crippen LogP contribution < -0.4 is 0 Å². The zero-order chi connectivity index (χ0) is 26.8. The summed E-state index contributed by atoms with van der Waals surface area (Å²) < 4.78 is 2.35. The van der Waals surface area contributed by atoms with E-state index < -0.39 is 0 Å². The minimum atomic E-state index is -0.125. The molecule has 2 heterocycles. The molecule has 0 saturated carbocycles. The first kappa shape index (κ1) is 28.0. The molecule has 0 aliphatic rings. The SMILES string of the molecule is CC(=O)/C=C(/C)O.Cc1[c-]c(-c2nc3ccccc3c3c4ccccc4n(-c4ccccc4)c23)cc(C)c1.[Ir]. The number of pyridine rings is 1. The maximum atomic E-state index is 10.0. The van der Waals surface area contributed by atoms with Gasteiger partial charge in [0.2, 0.25) is 0 Å². The quantitative estimate of drug-likeness (QED) is 0.115. The van der Waals surface area contributed by atoms with Crippen LogP contribution in [0.3, 0.4) is 0 Å². The van der Waals surface area contributed by atoms with E-state index in [-0.39, 0.29) is 31.6 Å². The number of carbonyl (C=O) groups is 1. The monoisotopic (exact) mass is 690 g/mol. The number of rotatable bonds is 3. The molecule has 4 nitrogen and oxygen atoms in total. The fraction of sp³-hybridized carbons (Fsp3) is 0.118. The van der Waals surface area contributed by atoms with E-state index in [1.807, 2.05) is 0 Å². The molecule has 0 atom stereocenters. The van der Waals surface area contributed by atoms with Gasteiger partial charge in [-0.05, 0) is 38.1 Å². The molecule has 0 bridgehead atoms. The van der Waals surface area contributed by atoms with Crippen LogP contribution in [-0.2, 0) is 24.9 Å². The molecule has 39 heavy (non-hydrogen) atoms. The van der Waals surface area contributed by atoms with Crippen LogP contribution in [0.4, 0.5) is 0 Å². The van der Waals surface area contributed by atoms with E-state index in [0.717, 1.165) is 33.5 Å². The number of para-hydroxylation sites is 3. The first-order valence-electron chi connectivity index (χ1n) is 12.6. The molecule has 1 N–H and O–H groups in total. The van der Waals surface area contributed by atoms with Gasteiger partial charge in [0.1, 0.15) is 0 Å². The second-order valence-electron chi connectivity index (χ2n) is 9.54. The van der Waals surface area contributed by atoms with E-state index in [9.17, 15) is 4.79 Å². The second kappa shape index (κ2) is 11.8. The third-order valence-corrected chi connectivity index (χ3v) is 6.33. The average molecular weight is 690 g/mol. The van der Waals surface area contributed by atoms with Crippen molar-refractivity contribution in [2.45, 2.75) is 27.7 Å². The van der Waals surface area contributed by atoms with Gasteiger partial charge in [-0.15, -0.1) is 34.9 Å². The third-order valence-electron chi connectivity index (χ3n) is 6.33. The molecule has 197 valence electrons. The molecule has 6 aromatic rings. The first-order chi connectivity index (χ1) is 18.3. The molecule has 4 aromatic carbocycles. The van der Waals surface area contributed by atoms with Gasteiger partial charge in [0.15, 0.2) is 5.78 Å². The molecule has 0 spiro atoms. The number of nitrogens with zero attached hydrogens (tertiary/aromatic N) is 2. The third kappa shape index (κ3) is 5.70. The normalized spacial score (nSPS) is 11.2. The molecule has 2 aromatic heterocycles. The zero-order valence-electron chi connectivity index (χ0n) is 22.3. The van der Waals surface area contributed by atoms with Crippen LogP contribution >= 0.6 is 0 Å². The van der Waals surface area contributed by atoms with Crippen molar-refractivity contribution >= 4 is 38.5 Å². The number of hydrogen-bond donors (Lipinski definition) is 1. The number of aromatic nitrogens is 2. The van der Waals surface area contributed by atoms with Crippen molar-refractivity contribution in [3.63, 3.8) is 0 Å². The average Bonchev–Trinajstić information content (AvgIpc) is 3.23. The molecule has 0 unspecified atom stereocenters. The summed E-state index contributed by atoms with van der Waals surface area (Å²) >= 11 is 0. The summed E-state index contributed by atoms with van der Waals surface area (Å²) in [4.78, 5) is 15.2. The van der Waals surface area contributed by atoms with Crippen molar-refractivity contribution in [3.8, 4) is 16.9 Å². The predicted octanol–water partition coefficient (Wildman–Crippen LogP) is 8.45. The number of ketones is 1. The summed E-state index contributed by atoms with van der Waals surface area (Å²) in [7, 11) is 0. The first-order valence-corrected chi connectivity index (χ1v) is 12.6. The Balaban J connectivity index is 0.000000394. The van der Waals surface area contributed by atoms with Crippen molar-refractivity contribution in [1.82, 2.24) is 9.55 Å². The molecule has 5 heteroatoms. The molecule has 0 aliphatic carbocycles. The van der Waals surface area contributed by atoms with Crippen molar-refractivity contribution in [1.29, 1.82) is 0 Å². The van der Waals surface area contributed by atoms with E-state index in [1.165, 1.54) is 47.2 Å². The Hall–Kier alpha value is -4.05. The van der Waals surface area contributed by atoms with Crippen LogP contribution in [0.15, 0.2) is 103 Å². The van der Waals surface area contributed by atoms with Crippen LogP contribution in [0.1, 0.15) is 25.0 Å². The maximum Gasteiger partial charge on any atom is 0.155 e. The van der Waals surface area contributed by atoms with Gasteiger partial charge < -0.3 is 9.67 Å². The van der Waals surface area contributed by atoms with Crippen molar-refractivity contribution < 1.29 is 30.0 Å². The number of hydrogen-bond acceptors (Lipinski definition) is 3. The summed E-state index contributed by atoms with van der Waals surface area (Å²) in [5, 5.41) is 12.0. The zero-order valence-corrected chi connectivity index (χ0v) is 24.7. The molecular weight excluding hydrogens is 661 g/mol. The van der Waals surface area contributed by atoms with Crippen LogP contribution in [0.25, 0.3) is 49.7 Å². The second-order valence-corrected chi connectivity index (χ2v) is 9.54. The van der Waals surface area contributed by atoms with E-state index in [4.69, 9.17) is 10.1 Å². The van der Waals surface area contributed by atoms with Gasteiger partial charge in [-0.25, -0.2) is 0 Å². The standard InChI is InChI=1S/C29H21N2.C5H8O2.Ir/c1-19-16-20(2)18-21(17-19)28-29-27(23-12-6-8-14-25(23)30-28)24-13-7-9-15-26(24)31(29)22-10-4-3-5-11-22;1-4(6)3-5(2)7;/h3-17H,1-2H3;3,6H,1-2H3;/q-1;;/b;4-3-;. The summed E-state index contributed by atoms with van der Waals surface area (Å²) in [5.41, 5.74) is 8.82. The Morgan fingerprint density at radius 1 is 0.872 bits per heavy atom. The number of aliphatic hydroxyl groups is 1. The number of fused-ring (bicyclic) bond motifs is 5. The number of aryl methyl sites for hydroxylation is 2. The van der Waals surface area contributed by atoms with Crippen LogP contribution in [0.5, 0.6) is 0 Å². The van der Waals surface area contributed by atoms with Gasteiger partial charge in [-0.1, -0.05) is 68.4 Å². The Kier molecular flexibility index (Phi) is 8.44. The van der Waals surface area contributed by atoms with Gasteiger partial charge in [-0.2, -0.15) is 0 Å². The van der Waals surface area contributed by atoms with Gasteiger partial charge in [0.05, 0.1) is 16.8 Å². The fourth-order valence-corrected chi connectivity index (χ4v) is 5.04. The molecule has 0 aliphatic heterocycles. The van der Waals surface area contributed by atoms with Gasteiger partial charge in [0.25, 0.3) is 0 Å². The summed E-state index contributed by atoms with van der Waals surface area (Å²) in [6, 6.07) is 35.6. The molecule has 6 rings (SSSR count). The van der Waals surface area contributed by atoms with E-state index in [1.54, 1.807) is 0 Å². The summed E-state index contributed by atoms with van der Waals surface area (Å²) in [5.74, 6) is -0.0625. The molecule has 1 radical (unpaired) electrons. The smallest absolute Gasteiger partial charge is 0.155 e. The van der Waals surface area contributed by atoms with Gasteiger partial charge >= 0.3 is 0 Å². The van der Waals surface area contributed by atoms with E-state index in [0.29, 0.717) is 0 Å². The fourth-order valence-electron chi connectivity index (χ4n) is 5.04. The van der Waals surface area contributed by atoms with Gasteiger partial charge in [-0.3, -0.25) is 9.78 Å². The largest absolute Gasteiger partial charge is 0.512 e. The number of carbonyl (C=O) groups excluding carboxylic acids is 1. The van der Waals surface area contributed by atoms with Crippen molar-refractivity contribution in [3.05, 3.63) is 120 Å². The van der Waals surface area contributed by atoms with E-state index >= 15 is 0 Å². The number of allylic oxidation sites excluding steroid dienone is 2. The van der Waals surface area contributed by atoms with Crippen molar-refractivity contribution in [2.24, 2.45) is 0 Å². The Morgan fingerprint density at radius 3 is 2.15 bits per heavy atom. The Labute approximate surface area is 242 Å². The predicted molar refractivity (Wildman–Crippen MR) is 157 cm³/mol. The number of aliphatic hydroxyl groups excluding tert-OH is 1. The topological polar surface area (TPSA) is 55.1 Å². The minimum absolute atomic E-state index is 0. The molecular formula is C34H29IrN2O2-. The van der Waals surface area contributed by atoms with Gasteiger partial charge in [0, 0.05) is 59.2 Å². The molecule has 0 fully saturated rings. The van der Waals surface area contributed by atoms with Crippen LogP contribution in [0.2, 0.25) is 0 Å². The molecule has 0 saturated heterocycles. The van der Waals surface area contributed by atoms with Crippen LogP contribution in [-0.4, -0.2) is 20.4 Å². The van der Waals surface area contributed by atoms with Crippen LogP contribution in [0, 0.1) is 19.9 Å². The summed E-state index contributed by atoms with van der Waals surface area (Å²) in [6.07, 6.45) is 1.17. The summed E-state index contributed by atoms with van der Waals surface area (Å²) in [6.45, 7) is 7.08. The van der Waals surface area contributed by atoms with E-state index in [2.05, 4.69) is 115 Å². The maximum absolute atomic E-state index is 10.0. The number of benzene rings is 4. The van der Waals surface area contributed by atoms with Crippen molar-refractivity contribution in [2.75, 3.05) is 0 Å².